The van der Waals surface area contributed by atoms with E-state index >= 15 is 0 Å². The van der Waals surface area contributed by atoms with Gasteiger partial charge in [-0.25, -0.2) is 9.97 Å². The molecule has 0 atom stereocenters. The van der Waals surface area contributed by atoms with Crippen molar-refractivity contribution in [2.24, 2.45) is 0 Å². The van der Waals surface area contributed by atoms with Crippen molar-refractivity contribution in [2.45, 2.75) is 20.3 Å². The number of hydrogen-bond acceptors (Lipinski definition) is 5. The minimum atomic E-state index is 0.786. The molecule has 1 N–H and O–H groups in total. The molecule has 0 spiro atoms. The highest BCUT2D eigenvalue weighted by molar-refractivity contribution is 5.58. The Morgan fingerprint density at radius 2 is 1.96 bits per heavy atom. The molecule has 1 aromatic carbocycles. The molecule has 1 saturated heterocycles. The van der Waals surface area contributed by atoms with Crippen LogP contribution in [0.1, 0.15) is 17.7 Å². The fourth-order valence-electron chi connectivity index (χ4n) is 2.92. The molecule has 0 unspecified atom stereocenters. The summed E-state index contributed by atoms with van der Waals surface area (Å²) in [6.07, 6.45) is 1.10. The summed E-state index contributed by atoms with van der Waals surface area (Å²) in [7, 11) is 0. The first-order valence-corrected chi connectivity index (χ1v) is 8.67. The number of ether oxygens (including phenoxy) is 1. The highest BCUT2D eigenvalue weighted by atomic mass is 16.5. The lowest BCUT2D eigenvalue weighted by atomic mass is 10.1. The molecule has 0 saturated carbocycles. The fraction of sp³-hybridized carbons (Fsp3) is 0.474. The van der Waals surface area contributed by atoms with Gasteiger partial charge in [-0.2, -0.15) is 0 Å². The Morgan fingerprint density at radius 3 is 2.75 bits per heavy atom. The van der Waals surface area contributed by atoms with Gasteiger partial charge >= 0.3 is 0 Å². The van der Waals surface area contributed by atoms with Crippen molar-refractivity contribution < 1.29 is 4.74 Å². The van der Waals surface area contributed by atoms with Crippen molar-refractivity contribution >= 4 is 5.82 Å². The number of rotatable bonds is 6. The smallest absolute Gasteiger partial charge is 0.161 e. The van der Waals surface area contributed by atoms with Crippen molar-refractivity contribution in [3.8, 4) is 11.4 Å². The standard InChI is InChI=1S/C19H26N4O/c1-15-5-3-6-17(13-15)19-21-16(2)14-18(22-19)20-7-4-8-23-9-11-24-12-10-23/h3,5-6,13-14H,4,7-12H2,1-2H3,(H,20,21,22). The predicted molar refractivity (Wildman–Crippen MR) is 97.3 cm³/mol. The van der Waals surface area contributed by atoms with E-state index in [1.807, 2.05) is 19.1 Å². The Balaban J connectivity index is 1.57. The molecule has 1 aromatic heterocycles. The number of morpholine rings is 1. The molecule has 5 nitrogen and oxygen atoms in total. The van der Waals surface area contributed by atoms with Gasteiger partial charge in [-0.3, -0.25) is 4.90 Å². The normalized spacial score (nSPS) is 15.4. The van der Waals surface area contributed by atoms with Crippen LogP contribution in [0.2, 0.25) is 0 Å². The molecule has 2 aromatic rings. The van der Waals surface area contributed by atoms with E-state index in [1.165, 1.54) is 5.56 Å². The molecule has 0 amide bonds. The highest BCUT2D eigenvalue weighted by Gasteiger charge is 2.09. The Hall–Kier alpha value is -1.98. The molecule has 5 heteroatoms. The van der Waals surface area contributed by atoms with Crippen molar-refractivity contribution in [1.29, 1.82) is 0 Å². The number of benzene rings is 1. The molecular formula is C19H26N4O. The molecule has 24 heavy (non-hydrogen) atoms. The van der Waals surface area contributed by atoms with Crippen molar-refractivity contribution in [1.82, 2.24) is 14.9 Å². The maximum atomic E-state index is 5.38. The molecule has 1 fully saturated rings. The minimum absolute atomic E-state index is 0.786. The fourth-order valence-corrected chi connectivity index (χ4v) is 2.92. The zero-order valence-corrected chi connectivity index (χ0v) is 14.6. The molecule has 0 bridgehead atoms. The van der Waals surface area contributed by atoms with Gasteiger partial charge in [0.15, 0.2) is 5.82 Å². The van der Waals surface area contributed by atoms with Crippen LogP contribution in [0.25, 0.3) is 11.4 Å². The van der Waals surface area contributed by atoms with Crippen molar-refractivity contribution in [2.75, 3.05) is 44.7 Å². The van der Waals surface area contributed by atoms with Gasteiger partial charge < -0.3 is 10.1 Å². The lowest BCUT2D eigenvalue weighted by molar-refractivity contribution is 0.0378. The van der Waals surface area contributed by atoms with E-state index in [1.54, 1.807) is 0 Å². The second-order valence-electron chi connectivity index (χ2n) is 6.32. The van der Waals surface area contributed by atoms with Gasteiger partial charge in [0.25, 0.3) is 0 Å². The van der Waals surface area contributed by atoms with Crippen LogP contribution in [0.5, 0.6) is 0 Å². The average Bonchev–Trinajstić information content (AvgIpc) is 2.59. The minimum Gasteiger partial charge on any atom is -0.379 e. The topological polar surface area (TPSA) is 50.3 Å². The number of aromatic nitrogens is 2. The summed E-state index contributed by atoms with van der Waals surface area (Å²) in [5.74, 6) is 1.69. The van der Waals surface area contributed by atoms with Crippen LogP contribution in [0, 0.1) is 13.8 Å². The van der Waals surface area contributed by atoms with E-state index in [-0.39, 0.29) is 0 Å². The van der Waals surface area contributed by atoms with Gasteiger partial charge in [0.05, 0.1) is 13.2 Å². The first-order chi connectivity index (χ1) is 11.7. The third-order valence-electron chi connectivity index (χ3n) is 4.19. The molecule has 0 radical (unpaired) electrons. The zero-order valence-electron chi connectivity index (χ0n) is 14.6. The number of hydrogen-bond donors (Lipinski definition) is 1. The van der Waals surface area contributed by atoms with Crippen LogP contribution in [-0.2, 0) is 4.74 Å². The second-order valence-corrected chi connectivity index (χ2v) is 6.32. The molecule has 0 aliphatic carbocycles. The summed E-state index contributed by atoms with van der Waals surface area (Å²) < 4.78 is 5.38. The molecule has 3 rings (SSSR count). The van der Waals surface area contributed by atoms with Crippen LogP contribution >= 0.6 is 0 Å². The number of aryl methyl sites for hydroxylation is 2. The summed E-state index contributed by atoms with van der Waals surface area (Å²) in [6.45, 7) is 9.93. The van der Waals surface area contributed by atoms with Gasteiger partial charge in [0.1, 0.15) is 5.82 Å². The third-order valence-corrected chi connectivity index (χ3v) is 4.19. The SMILES string of the molecule is Cc1cccc(-c2nc(C)cc(NCCCN3CCOCC3)n2)c1. The lowest BCUT2D eigenvalue weighted by Gasteiger charge is -2.26. The quantitative estimate of drug-likeness (QED) is 0.827. The van der Waals surface area contributed by atoms with E-state index in [4.69, 9.17) is 4.74 Å². The number of nitrogens with one attached hydrogen (secondary N) is 1. The summed E-state index contributed by atoms with van der Waals surface area (Å²) in [4.78, 5) is 11.7. The Kier molecular flexibility index (Phi) is 5.77. The Labute approximate surface area is 144 Å². The van der Waals surface area contributed by atoms with Gasteiger partial charge in [-0.1, -0.05) is 23.8 Å². The predicted octanol–water partition coefficient (Wildman–Crippen LogP) is 2.89. The number of anilines is 1. The Morgan fingerprint density at radius 1 is 1.12 bits per heavy atom. The third kappa shape index (κ3) is 4.76. The molecule has 128 valence electrons. The summed E-state index contributed by atoms with van der Waals surface area (Å²) in [6, 6.07) is 10.3. The second kappa shape index (κ2) is 8.22. The number of nitrogens with zero attached hydrogens (tertiary/aromatic N) is 3. The van der Waals surface area contributed by atoms with Crippen LogP contribution in [0.4, 0.5) is 5.82 Å². The molecule has 1 aliphatic rings. The van der Waals surface area contributed by atoms with Crippen molar-refractivity contribution in [3.63, 3.8) is 0 Å². The Bertz CT molecular complexity index is 668. The van der Waals surface area contributed by atoms with Crippen LogP contribution < -0.4 is 5.32 Å². The van der Waals surface area contributed by atoms with E-state index in [0.717, 1.165) is 68.7 Å². The van der Waals surface area contributed by atoms with E-state index in [0.29, 0.717) is 0 Å². The maximum Gasteiger partial charge on any atom is 0.161 e. The monoisotopic (exact) mass is 326 g/mol. The van der Waals surface area contributed by atoms with Crippen molar-refractivity contribution in [3.05, 3.63) is 41.6 Å². The molecular weight excluding hydrogens is 300 g/mol. The highest BCUT2D eigenvalue weighted by Crippen LogP contribution is 2.19. The molecule has 2 heterocycles. The van der Waals surface area contributed by atoms with Gasteiger partial charge in [0.2, 0.25) is 0 Å². The summed E-state index contributed by atoms with van der Waals surface area (Å²) in [5, 5.41) is 3.44. The first kappa shape index (κ1) is 16.9. The van der Waals surface area contributed by atoms with Gasteiger partial charge in [-0.15, -0.1) is 0 Å². The van der Waals surface area contributed by atoms with E-state index in [9.17, 15) is 0 Å². The largest absolute Gasteiger partial charge is 0.379 e. The summed E-state index contributed by atoms with van der Waals surface area (Å²) in [5.41, 5.74) is 3.27. The van der Waals surface area contributed by atoms with Crippen LogP contribution in [0.15, 0.2) is 30.3 Å². The maximum absolute atomic E-state index is 5.38. The zero-order chi connectivity index (χ0) is 16.8. The van der Waals surface area contributed by atoms with Gasteiger partial charge in [0, 0.05) is 37.0 Å². The van der Waals surface area contributed by atoms with Crippen LogP contribution in [0.3, 0.4) is 0 Å². The molecule has 1 aliphatic heterocycles. The van der Waals surface area contributed by atoms with Gasteiger partial charge in [-0.05, 0) is 32.9 Å². The first-order valence-electron chi connectivity index (χ1n) is 8.67. The lowest BCUT2D eigenvalue weighted by Crippen LogP contribution is -2.37. The van der Waals surface area contributed by atoms with Crippen LogP contribution in [-0.4, -0.2) is 54.3 Å². The summed E-state index contributed by atoms with van der Waals surface area (Å²) >= 11 is 0. The van der Waals surface area contributed by atoms with E-state index in [2.05, 4.69) is 45.3 Å². The van der Waals surface area contributed by atoms with E-state index < -0.39 is 0 Å². The average molecular weight is 326 g/mol.